The van der Waals surface area contributed by atoms with Gasteiger partial charge in [-0.2, -0.15) is 13.2 Å². The molecule has 2 unspecified atom stereocenters. The van der Waals surface area contributed by atoms with Crippen LogP contribution in [0.25, 0.3) is 0 Å². The summed E-state index contributed by atoms with van der Waals surface area (Å²) in [7, 11) is 0. The van der Waals surface area contributed by atoms with Crippen LogP contribution in [0.15, 0.2) is 48.5 Å². The van der Waals surface area contributed by atoms with E-state index in [2.05, 4.69) is 23.9 Å². The first kappa shape index (κ1) is 39.3. The molecule has 1 aliphatic heterocycles. The number of benzene rings is 2. The third-order valence-corrected chi connectivity index (χ3v) is 6.58. The average Bonchev–Trinajstić information content (AvgIpc) is 3.44. The van der Waals surface area contributed by atoms with Crippen molar-refractivity contribution in [1.29, 1.82) is 0 Å². The van der Waals surface area contributed by atoms with Crippen LogP contribution >= 0.6 is 0 Å². The molecule has 0 aromatic heterocycles. The molecule has 2 atom stereocenters. The smallest absolute Gasteiger partial charge is 0.416 e. The van der Waals surface area contributed by atoms with Crippen LogP contribution < -0.4 is 11.1 Å². The number of carbonyl (C=O) groups excluding carboxylic acids is 3. The molecule has 0 bridgehead atoms. The van der Waals surface area contributed by atoms with Crippen molar-refractivity contribution in [2.24, 2.45) is 11.7 Å². The van der Waals surface area contributed by atoms with Crippen LogP contribution in [0, 0.1) is 5.92 Å². The Morgan fingerprint density at radius 2 is 1.60 bits per heavy atom. The second-order valence-corrected chi connectivity index (χ2v) is 11.6. The number of nitrogens with zero attached hydrogens (tertiary/aromatic N) is 1. The zero-order valence-corrected chi connectivity index (χ0v) is 27.6. The van der Waals surface area contributed by atoms with Crippen LogP contribution in [0.5, 0.6) is 0 Å². The first-order valence-corrected chi connectivity index (χ1v) is 15.6. The Balaban J connectivity index is 0.000000664. The third kappa shape index (κ3) is 14.7. The number of fused-ring (bicyclic) bond motifs is 1. The number of carbonyl (C=O) groups is 3. The molecule has 0 spiro atoms. The molecule has 3 N–H and O–H groups in total. The van der Waals surface area contributed by atoms with Gasteiger partial charge in [-0.25, -0.2) is 9.59 Å². The highest BCUT2D eigenvalue weighted by atomic mass is 19.4. The standard InChI is InChI=1S/C24H25F3N2O3.C5H11NO2.C3H8.C2H6/c25-24(26,27)20-8-6-17-10-11-29(14-19(17)12-20)22(30)18-7-9-21(13-18)28-23(31)32-15-16-4-2-1-3-5-16;1-5(2,3)8-4(6)7;1-3-2;1-2/h1-6,8,12,18,21H,7,9-11,13-15H2,(H,28,31);1-3H3,(H2,6,7);3H2,1-2H3;1-2H3. The van der Waals surface area contributed by atoms with E-state index in [1.165, 1.54) is 12.5 Å². The Morgan fingerprint density at radius 1 is 0.978 bits per heavy atom. The minimum atomic E-state index is -4.40. The molecule has 3 amide bonds. The molecule has 1 fully saturated rings. The summed E-state index contributed by atoms with van der Waals surface area (Å²) in [6, 6.07) is 13.0. The molecule has 2 aromatic carbocycles. The largest absolute Gasteiger partial charge is 0.445 e. The first-order valence-electron chi connectivity index (χ1n) is 15.6. The maximum atomic E-state index is 13.0. The van der Waals surface area contributed by atoms with E-state index in [4.69, 9.17) is 10.5 Å². The minimum Gasteiger partial charge on any atom is -0.445 e. The van der Waals surface area contributed by atoms with Gasteiger partial charge in [0.2, 0.25) is 5.91 Å². The molecule has 4 rings (SSSR count). The molecule has 1 heterocycles. The highest BCUT2D eigenvalue weighted by Gasteiger charge is 2.36. The number of rotatable bonds is 4. The number of alkyl carbamates (subject to hydrolysis) is 1. The number of primary amides is 1. The van der Waals surface area contributed by atoms with Gasteiger partial charge < -0.3 is 25.4 Å². The summed E-state index contributed by atoms with van der Waals surface area (Å²) in [6.07, 6.45) is -2.05. The number of halogens is 3. The predicted octanol–water partition coefficient (Wildman–Crippen LogP) is 8.01. The van der Waals surface area contributed by atoms with E-state index in [0.29, 0.717) is 37.8 Å². The number of amides is 3. The van der Waals surface area contributed by atoms with Crippen molar-refractivity contribution >= 4 is 18.1 Å². The molecule has 1 aliphatic carbocycles. The highest BCUT2D eigenvalue weighted by molar-refractivity contribution is 5.80. The minimum absolute atomic E-state index is 0.0602. The Hall–Kier alpha value is -3.76. The van der Waals surface area contributed by atoms with E-state index in [-0.39, 0.29) is 31.0 Å². The van der Waals surface area contributed by atoms with Gasteiger partial charge in [0.25, 0.3) is 0 Å². The van der Waals surface area contributed by atoms with Crippen LogP contribution in [0.4, 0.5) is 22.8 Å². The molecule has 1 saturated carbocycles. The van der Waals surface area contributed by atoms with Crippen LogP contribution in [-0.4, -0.2) is 41.2 Å². The summed E-state index contributed by atoms with van der Waals surface area (Å²) < 4.78 is 48.9. The number of nitrogens with one attached hydrogen (secondary N) is 1. The third-order valence-electron chi connectivity index (χ3n) is 6.58. The number of hydrogen-bond acceptors (Lipinski definition) is 5. The lowest BCUT2D eigenvalue weighted by atomic mass is 9.95. The normalized spacial score (nSPS) is 17.1. The van der Waals surface area contributed by atoms with Crippen molar-refractivity contribution in [3.63, 3.8) is 0 Å². The molecule has 0 radical (unpaired) electrons. The van der Waals surface area contributed by atoms with Gasteiger partial charge in [-0.3, -0.25) is 4.79 Å². The maximum absolute atomic E-state index is 13.0. The van der Waals surface area contributed by atoms with Gasteiger partial charge in [-0.1, -0.05) is 70.5 Å². The second kappa shape index (κ2) is 18.9. The lowest BCUT2D eigenvalue weighted by Crippen LogP contribution is -2.40. The molecule has 2 aromatic rings. The Bertz CT molecular complexity index is 1200. The van der Waals surface area contributed by atoms with Crippen molar-refractivity contribution in [3.8, 4) is 0 Å². The number of hydrogen-bond donors (Lipinski definition) is 2. The number of alkyl halides is 3. The highest BCUT2D eigenvalue weighted by Crippen LogP contribution is 2.33. The second-order valence-electron chi connectivity index (χ2n) is 11.6. The molecule has 8 nitrogen and oxygen atoms in total. The summed E-state index contributed by atoms with van der Waals surface area (Å²) in [5.74, 6) is -0.309. The van der Waals surface area contributed by atoms with Crippen LogP contribution in [0.3, 0.4) is 0 Å². The van der Waals surface area contributed by atoms with Crippen molar-refractivity contribution in [2.45, 2.75) is 112 Å². The van der Waals surface area contributed by atoms with E-state index >= 15 is 0 Å². The van der Waals surface area contributed by atoms with Gasteiger partial charge in [0.1, 0.15) is 12.2 Å². The fourth-order valence-corrected chi connectivity index (χ4v) is 4.75. The van der Waals surface area contributed by atoms with Gasteiger partial charge >= 0.3 is 18.4 Å². The monoisotopic (exact) mass is 637 g/mol. The van der Waals surface area contributed by atoms with E-state index in [9.17, 15) is 27.6 Å². The fourth-order valence-electron chi connectivity index (χ4n) is 4.75. The Morgan fingerprint density at radius 3 is 2.13 bits per heavy atom. The molecular weight excluding hydrogens is 587 g/mol. The lowest BCUT2D eigenvalue weighted by molar-refractivity contribution is -0.137. The zero-order valence-electron chi connectivity index (χ0n) is 27.6. The number of ether oxygens (including phenoxy) is 2. The van der Waals surface area contributed by atoms with Crippen molar-refractivity contribution in [3.05, 3.63) is 70.8 Å². The lowest BCUT2D eigenvalue weighted by Gasteiger charge is -2.31. The van der Waals surface area contributed by atoms with Gasteiger partial charge in [-0.15, -0.1) is 0 Å². The molecule has 11 heteroatoms. The quantitative estimate of drug-likeness (QED) is 0.353. The predicted molar refractivity (Wildman–Crippen MR) is 169 cm³/mol. The Kier molecular flexibility index (Phi) is 16.5. The fraction of sp³-hybridized carbons (Fsp3) is 0.559. The molecule has 0 saturated heterocycles. The van der Waals surface area contributed by atoms with Crippen molar-refractivity contribution < 1.29 is 37.0 Å². The Labute approximate surface area is 265 Å². The number of nitrogens with two attached hydrogens (primary N) is 1. The SMILES string of the molecule is CC.CC(C)(C)OC(N)=O.CCC.O=C(NC1CCC(C(=O)N2CCc3ccc(C(F)(F)F)cc3C2)C1)OCc1ccccc1. The first-order chi connectivity index (χ1) is 21.1. The topological polar surface area (TPSA) is 111 Å². The average molecular weight is 638 g/mol. The van der Waals surface area contributed by atoms with Crippen LogP contribution in [0.1, 0.15) is 96.4 Å². The van der Waals surface area contributed by atoms with E-state index in [1.807, 2.05) is 44.2 Å². The van der Waals surface area contributed by atoms with Crippen molar-refractivity contribution in [1.82, 2.24) is 10.2 Å². The van der Waals surface area contributed by atoms with Gasteiger partial charge in [0.05, 0.1) is 5.56 Å². The molecule has 45 heavy (non-hydrogen) atoms. The van der Waals surface area contributed by atoms with Gasteiger partial charge in [0, 0.05) is 25.0 Å². The summed E-state index contributed by atoms with van der Waals surface area (Å²) in [4.78, 5) is 36.7. The maximum Gasteiger partial charge on any atom is 0.416 e. The molecule has 252 valence electrons. The summed E-state index contributed by atoms with van der Waals surface area (Å²) in [5, 5.41) is 2.82. The summed E-state index contributed by atoms with van der Waals surface area (Å²) in [5.41, 5.74) is 5.87. The van der Waals surface area contributed by atoms with E-state index in [1.54, 1.807) is 25.7 Å². The van der Waals surface area contributed by atoms with Crippen LogP contribution in [0.2, 0.25) is 0 Å². The van der Waals surface area contributed by atoms with E-state index in [0.717, 1.165) is 23.3 Å². The zero-order chi connectivity index (χ0) is 34.2. The van der Waals surface area contributed by atoms with E-state index < -0.39 is 29.5 Å². The van der Waals surface area contributed by atoms with Crippen LogP contribution in [-0.2, 0) is 40.0 Å². The van der Waals surface area contributed by atoms with Crippen molar-refractivity contribution in [2.75, 3.05) is 6.54 Å². The summed E-state index contributed by atoms with van der Waals surface area (Å²) in [6.45, 7) is 14.4. The summed E-state index contributed by atoms with van der Waals surface area (Å²) >= 11 is 0. The van der Waals surface area contributed by atoms with Gasteiger partial charge in [-0.05, 0) is 75.3 Å². The molecular formula is C34H50F3N3O5. The van der Waals surface area contributed by atoms with Gasteiger partial charge in [0.15, 0.2) is 0 Å². The molecule has 2 aliphatic rings.